The molecule has 1 aromatic rings. The number of carbonyl (C=O) groups is 1. The molecule has 0 radical (unpaired) electrons. The summed E-state index contributed by atoms with van der Waals surface area (Å²) >= 11 is 0. The second kappa shape index (κ2) is 6.68. The second-order valence-corrected chi connectivity index (χ2v) is 4.92. The molecule has 0 amide bonds. The van der Waals surface area contributed by atoms with Gasteiger partial charge in [0.15, 0.2) is 0 Å². The molecule has 0 spiro atoms. The van der Waals surface area contributed by atoms with Crippen LogP contribution in [-0.4, -0.2) is 42.3 Å². The predicted octanol–water partition coefficient (Wildman–Crippen LogP) is 1.75. The van der Waals surface area contributed by atoms with Crippen LogP contribution in [0.2, 0.25) is 0 Å². The molecule has 0 bridgehead atoms. The quantitative estimate of drug-likeness (QED) is 0.822. The van der Waals surface area contributed by atoms with Crippen molar-refractivity contribution in [2.24, 2.45) is 0 Å². The lowest BCUT2D eigenvalue weighted by Gasteiger charge is -2.31. The number of ether oxygens (including phenoxy) is 1. The van der Waals surface area contributed by atoms with Gasteiger partial charge in [-0.1, -0.05) is 30.3 Å². The van der Waals surface area contributed by atoms with E-state index in [1.807, 2.05) is 30.3 Å². The molecule has 2 rings (SSSR count). The maximum Gasteiger partial charge on any atom is 0.307 e. The molecule has 1 aromatic carbocycles. The van der Waals surface area contributed by atoms with Crippen LogP contribution < -0.4 is 0 Å². The third kappa shape index (κ3) is 3.33. The number of rotatable bonds is 5. The number of methoxy groups -OCH3 is 1. The highest BCUT2D eigenvalue weighted by atomic mass is 16.5. The lowest BCUT2D eigenvalue weighted by molar-refractivity contribution is -0.142. The molecule has 0 unspecified atom stereocenters. The van der Waals surface area contributed by atoms with Gasteiger partial charge in [-0.05, 0) is 24.9 Å². The molecule has 4 nitrogen and oxygen atoms in total. The Morgan fingerprint density at radius 3 is 2.84 bits per heavy atom. The van der Waals surface area contributed by atoms with E-state index >= 15 is 0 Å². The zero-order valence-electron chi connectivity index (χ0n) is 11.3. The number of nitrogens with zero attached hydrogens (tertiary/aromatic N) is 1. The Morgan fingerprint density at radius 1 is 1.47 bits per heavy atom. The van der Waals surface area contributed by atoms with Gasteiger partial charge in [-0.3, -0.25) is 9.69 Å². The van der Waals surface area contributed by atoms with E-state index in [0.717, 1.165) is 24.9 Å². The summed E-state index contributed by atoms with van der Waals surface area (Å²) < 4.78 is 4.75. The highest BCUT2D eigenvalue weighted by molar-refractivity contribution is 5.70. The van der Waals surface area contributed by atoms with E-state index < -0.39 is 0 Å². The van der Waals surface area contributed by atoms with E-state index in [1.54, 1.807) is 0 Å². The molecule has 0 aromatic heterocycles. The van der Waals surface area contributed by atoms with E-state index in [9.17, 15) is 9.90 Å². The van der Waals surface area contributed by atoms with Crippen molar-refractivity contribution < 1.29 is 14.6 Å². The van der Waals surface area contributed by atoms with Gasteiger partial charge in [0.05, 0.1) is 26.2 Å². The molecule has 19 heavy (non-hydrogen) atoms. The number of hydrogen-bond donors (Lipinski definition) is 1. The smallest absolute Gasteiger partial charge is 0.307 e. The fourth-order valence-corrected chi connectivity index (χ4v) is 2.84. The van der Waals surface area contributed by atoms with Crippen LogP contribution in [0.3, 0.4) is 0 Å². The van der Waals surface area contributed by atoms with Crippen molar-refractivity contribution in [3.05, 3.63) is 35.9 Å². The molecule has 0 aliphatic carbocycles. The van der Waals surface area contributed by atoms with Crippen LogP contribution in [0, 0.1) is 0 Å². The fraction of sp³-hybridized carbons (Fsp3) is 0.533. The maximum atomic E-state index is 11.4. The summed E-state index contributed by atoms with van der Waals surface area (Å²) in [7, 11) is 1.42. The minimum atomic E-state index is -0.179. The molecule has 1 aliphatic rings. The Bertz CT molecular complexity index is 407. The minimum absolute atomic E-state index is 0.0293. The molecular formula is C15H21NO3. The number of likely N-dealkylation sites (tertiary alicyclic amines) is 1. The predicted molar refractivity (Wildman–Crippen MR) is 72.6 cm³/mol. The van der Waals surface area contributed by atoms with Crippen LogP contribution in [0.5, 0.6) is 0 Å². The van der Waals surface area contributed by atoms with Crippen LogP contribution >= 0.6 is 0 Å². The summed E-state index contributed by atoms with van der Waals surface area (Å²) in [4.78, 5) is 13.7. The molecule has 1 saturated heterocycles. The first kappa shape index (κ1) is 14.0. The number of benzene rings is 1. The normalized spacial score (nSPS) is 21.3. The standard InChI is InChI=1S/C15H21NO3/c1-19-15(18)10-13-8-5-9-16(13)14(11-17)12-6-3-2-4-7-12/h2-4,6-7,13-14,17H,5,8-11H2,1H3/t13-,14+/m0/s1. The topological polar surface area (TPSA) is 49.8 Å². The molecule has 4 heteroatoms. The van der Waals surface area contributed by atoms with Crippen LogP contribution in [0.1, 0.15) is 30.9 Å². The van der Waals surface area contributed by atoms with Crippen LogP contribution in [0.15, 0.2) is 30.3 Å². The van der Waals surface area contributed by atoms with Crippen molar-refractivity contribution in [3.8, 4) is 0 Å². The minimum Gasteiger partial charge on any atom is -0.469 e. The third-order valence-electron chi connectivity index (χ3n) is 3.81. The van der Waals surface area contributed by atoms with Crippen molar-refractivity contribution in [2.75, 3.05) is 20.3 Å². The number of aliphatic hydroxyl groups excluding tert-OH is 1. The van der Waals surface area contributed by atoms with Crippen molar-refractivity contribution in [2.45, 2.75) is 31.3 Å². The van der Waals surface area contributed by atoms with E-state index in [-0.39, 0.29) is 24.7 Å². The van der Waals surface area contributed by atoms with E-state index in [4.69, 9.17) is 4.74 Å². The molecule has 1 N–H and O–H groups in total. The lowest BCUT2D eigenvalue weighted by atomic mass is 10.0. The number of aliphatic hydroxyl groups is 1. The first-order valence-corrected chi connectivity index (χ1v) is 6.74. The first-order valence-electron chi connectivity index (χ1n) is 6.74. The summed E-state index contributed by atoms with van der Waals surface area (Å²) in [5.74, 6) is -0.179. The lowest BCUT2D eigenvalue weighted by Crippen LogP contribution is -2.36. The average molecular weight is 263 g/mol. The summed E-state index contributed by atoms with van der Waals surface area (Å²) in [6, 6.07) is 10.1. The Labute approximate surface area is 114 Å². The summed E-state index contributed by atoms with van der Waals surface area (Å²) in [5, 5.41) is 9.69. The highest BCUT2D eigenvalue weighted by Gasteiger charge is 2.32. The van der Waals surface area contributed by atoms with Gasteiger partial charge in [-0.15, -0.1) is 0 Å². The van der Waals surface area contributed by atoms with Gasteiger partial charge in [0, 0.05) is 6.04 Å². The van der Waals surface area contributed by atoms with Crippen molar-refractivity contribution in [3.63, 3.8) is 0 Å². The Hall–Kier alpha value is -1.39. The molecule has 1 fully saturated rings. The first-order chi connectivity index (χ1) is 9.26. The van der Waals surface area contributed by atoms with E-state index in [0.29, 0.717) is 6.42 Å². The Morgan fingerprint density at radius 2 is 2.21 bits per heavy atom. The average Bonchev–Trinajstić information content (AvgIpc) is 2.89. The number of carbonyl (C=O) groups excluding carboxylic acids is 1. The fourth-order valence-electron chi connectivity index (χ4n) is 2.84. The molecule has 1 heterocycles. The third-order valence-corrected chi connectivity index (χ3v) is 3.81. The molecule has 104 valence electrons. The number of hydrogen-bond acceptors (Lipinski definition) is 4. The Kier molecular flexibility index (Phi) is 4.93. The molecule has 0 saturated carbocycles. The maximum absolute atomic E-state index is 11.4. The second-order valence-electron chi connectivity index (χ2n) is 4.92. The van der Waals surface area contributed by atoms with Gasteiger partial charge in [-0.25, -0.2) is 0 Å². The van der Waals surface area contributed by atoms with Crippen LogP contribution in [0.25, 0.3) is 0 Å². The highest BCUT2D eigenvalue weighted by Crippen LogP contribution is 2.30. The summed E-state index contributed by atoms with van der Waals surface area (Å²) in [6.07, 6.45) is 2.45. The zero-order valence-corrected chi connectivity index (χ0v) is 11.3. The molecule has 1 aliphatic heterocycles. The monoisotopic (exact) mass is 263 g/mol. The summed E-state index contributed by atoms with van der Waals surface area (Å²) in [5.41, 5.74) is 1.10. The SMILES string of the molecule is COC(=O)C[C@@H]1CCCN1[C@H](CO)c1ccccc1. The largest absolute Gasteiger partial charge is 0.469 e. The number of esters is 1. The van der Waals surface area contributed by atoms with Crippen molar-refractivity contribution in [1.29, 1.82) is 0 Å². The summed E-state index contributed by atoms with van der Waals surface area (Å²) in [6.45, 7) is 0.990. The van der Waals surface area contributed by atoms with Crippen LogP contribution in [-0.2, 0) is 9.53 Å². The van der Waals surface area contributed by atoms with Gasteiger partial charge in [0.2, 0.25) is 0 Å². The van der Waals surface area contributed by atoms with Gasteiger partial charge in [-0.2, -0.15) is 0 Å². The zero-order chi connectivity index (χ0) is 13.7. The van der Waals surface area contributed by atoms with Crippen molar-refractivity contribution in [1.82, 2.24) is 4.90 Å². The van der Waals surface area contributed by atoms with E-state index in [1.165, 1.54) is 7.11 Å². The van der Waals surface area contributed by atoms with Gasteiger partial charge < -0.3 is 9.84 Å². The van der Waals surface area contributed by atoms with Crippen molar-refractivity contribution >= 4 is 5.97 Å². The molecular weight excluding hydrogens is 242 g/mol. The van der Waals surface area contributed by atoms with Gasteiger partial charge >= 0.3 is 5.97 Å². The Balaban J connectivity index is 2.11. The van der Waals surface area contributed by atoms with Gasteiger partial charge in [0.1, 0.15) is 0 Å². The van der Waals surface area contributed by atoms with E-state index in [2.05, 4.69) is 4.90 Å². The van der Waals surface area contributed by atoms with Gasteiger partial charge in [0.25, 0.3) is 0 Å². The molecule has 2 atom stereocenters. The van der Waals surface area contributed by atoms with Crippen LogP contribution in [0.4, 0.5) is 0 Å².